The molecule has 2 aromatic rings. The van der Waals surface area contributed by atoms with Gasteiger partial charge >= 0.3 is 0 Å². The molecule has 2 nitrogen and oxygen atoms in total. The number of phenolic OH excluding ortho intramolecular Hbond substituents is 1. The molecular weight excluding hydrogens is 234 g/mol. The van der Waals surface area contributed by atoms with Crippen LogP contribution in [0.4, 0.5) is 5.69 Å². The molecule has 0 aliphatic heterocycles. The van der Waals surface area contributed by atoms with Gasteiger partial charge < -0.3 is 10.4 Å². The van der Waals surface area contributed by atoms with Gasteiger partial charge in [0.1, 0.15) is 5.75 Å². The summed E-state index contributed by atoms with van der Waals surface area (Å²) in [4.78, 5) is 0. The number of phenols is 1. The summed E-state index contributed by atoms with van der Waals surface area (Å²) in [6, 6.07) is 13.9. The van der Waals surface area contributed by atoms with Crippen molar-refractivity contribution >= 4 is 5.69 Å². The van der Waals surface area contributed by atoms with Crippen molar-refractivity contribution in [2.75, 3.05) is 5.32 Å². The number of hydrogen-bond acceptors (Lipinski definition) is 2. The van der Waals surface area contributed by atoms with Crippen LogP contribution >= 0.6 is 0 Å². The molecule has 0 heterocycles. The highest BCUT2D eigenvalue weighted by molar-refractivity contribution is 5.58. The quantitative estimate of drug-likeness (QED) is 0.846. The highest BCUT2D eigenvalue weighted by Gasteiger charge is 2.12. The lowest BCUT2D eigenvalue weighted by molar-refractivity contribution is 0.465. The summed E-state index contributed by atoms with van der Waals surface area (Å²) in [6.45, 7) is 6.34. The number of rotatable bonds is 4. The van der Waals surface area contributed by atoms with Crippen molar-refractivity contribution < 1.29 is 5.11 Å². The number of benzene rings is 2. The summed E-state index contributed by atoms with van der Waals surface area (Å²) in [5.41, 5.74) is 4.65. The van der Waals surface area contributed by atoms with Gasteiger partial charge in [-0.1, -0.05) is 43.3 Å². The number of nitrogens with one attached hydrogen (secondary N) is 1. The van der Waals surface area contributed by atoms with Crippen molar-refractivity contribution in [3.8, 4) is 5.75 Å². The number of aryl methyl sites for hydroxylation is 2. The van der Waals surface area contributed by atoms with E-state index in [2.05, 4.69) is 44.3 Å². The fraction of sp³-hybridized carbons (Fsp3) is 0.294. The molecular formula is C17H21NO. The second kappa shape index (κ2) is 5.79. The van der Waals surface area contributed by atoms with Crippen LogP contribution in [0.5, 0.6) is 5.75 Å². The molecule has 2 heteroatoms. The monoisotopic (exact) mass is 255 g/mol. The van der Waals surface area contributed by atoms with Gasteiger partial charge in [-0.3, -0.25) is 0 Å². The summed E-state index contributed by atoms with van der Waals surface area (Å²) < 4.78 is 0. The van der Waals surface area contributed by atoms with Gasteiger partial charge in [-0.2, -0.15) is 0 Å². The Morgan fingerprint density at radius 2 is 1.84 bits per heavy atom. The molecule has 0 fully saturated rings. The van der Waals surface area contributed by atoms with E-state index in [1.165, 1.54) is 16.8 Å². The zero-order valence-corrected chi connectivity index (χ0v) is 11.8. The van der Waals surface area contributed by atoms with Gasteiger partial charge in [-0.25, -0.2) is 0 Å². The standard InChI is InChI=1S/C17H21NO/c1-4-14-9-7-8-12(2)17(14)18-13(3)15-10-5-6-11-16(15)19/h5-11,13,18-19H,4H2,1-3H3. The summed E-state index contributed by atoms with van der Waals surface area (Å²) in [5, 5.41) is 13.4. The first-order chi connectivity index (χ1) is 9.13. The average molecular weight is 255 g/mol. The lowest BCUT2D eigenvalue weighted by Gasteiger charge is -2.20. The molecule has 1 atom stereocenters. The van der Waals surface area contributed by atoms with Crippen molar-refractivity contribution in [1.82, 2.24) is 0 Å². The van der Waals surface area contributed by atoms with E-state index in [1.807, 2.05) is 18.2 Å². The van der Waals surface area contributed by atoms with Crippen LogP contribution in [0.1, 0.15) is 36.6 Å². The van der Waals surface area contributed by atoms with Crippen LogP contribution < -0.4 is 5.32 Å². The zero-order valence-electron chi connectivity index (χ0n) is 11.8. The molecule has 19 heavy (non-hydrogen) atoms. The molecule has 0 saturated heterocycles. The molecule has 2 N–H and O–H groups in total. The normalized spacial score (nSPS) is 12.2. The minimum absolute atomic E-state index is 0.0765. The summed E-state index contributed by atoms with van der Waals surface area (Å²) in [5.74, 6) is 0.342. The number of para-hydroxylation sites is 2. The van der Waals surface area contributed by atoms with E-state index in [-0.39, 0.29) is 6.04 Å². The van der Waals surface area contributed by atoms with E-state index < -0.39 is 0 Å². The van der Waals surface area contributed by atoms with Crippen molar-refractivity contribution in [3.05, 3.63) is 59.2 Å². The van der Waals surface area contributed by atoms with E-state index in [0.717, 1.165) is 12.0 Å². The van der Waals surface area contributed by atoms with Crippen LogP contribution in [0.2, 0.25) is 0 Å². The molecule has 2 aromatic carbocycles. The maximum atomic E-state index is 9.91. The third kappa shape index (κ3) is 2.90. The zero-order chi connectivity index (χ0) is 13.8. The van der Waals surface area contributed by atoms with E-state index >= 15 is 0 Å². The van der Waals surface area contributed by atoms with Gasteiger partial charge in [-0.05, 0) is 37.5 Å². The Labute approximate surface area is 115 Å². The fourth-order valence-electron chi connectivity index (χ4n) is 2.38. The van der Waals surface area contributed by atoms with Crippen LogP contribution in [0.25, 0.3) is 0 Å². The second-order valence-electron chi connectivity index (χ2n) is 4.89. The minimum Gasteiger partial charge on any atom is -0.508 e. The third-order valence-electron chi connectivity index (χ3n) is 3.50. The SMILES string of the molecule is CCc1cccc(C)c1NC(C)c1ccccc1O. The topological polar surface area (TPSA) is 32.3 Å². The number of anilines is 1. The Balaban J connectivity index is 2.29. The second-order valence-corrected chi connectivity index (χ2v) is 4.89. The van der Waals surface area contributed by atoms with E-state index in [9.17, 15) is 5.11 Å². The summed E-state index contributed by atoms with van der Waals surface area (Å²) in [7, 11) is 0. The molecule has 0 aliphatic rings. The molecule has 0 radical (unpaired) electrons. The summed E-state index contributed by atoms with van der Waals surface area (Å²) in [6.07, 6.45) is 0.998. The van der Waals surface area contributed by atoms with Crippen molar-refractivity contribution in [2.45, 2.75) is 33.2 Å². The Morgan fingerprint density at radius 1 is 1.11 bits per heavy atom. The Bertz CT molecular complexity index is 563. The molecule has 0 spiro atoms. The maximum absolute atomic E-state index is 9.91. The van der Waals surface area contributed by atoms with Crippen LogP contribution in [0, 0.1) is 6.92 Å². The lowest BCUT2D eigenvalue weighted by Crippen LogP contribution is -2.09. The molecule has 100 valence electrons. The Morgan fingerprint density at radius 3 is 2.53 bits per heavy atom. The van der Waals surface area contributed by atoms with Crippen LogP contribution in [-0.4, -0.2) is 5.11 Å². The molecule has 2 rings (SSSR count). The largest absolute Gasteiger partial charge is 0.508 e. The first-order valence-corrected chi connectivity index (χ1v) is 6.76. The molecule has 1 unspecified atom stereocenters. The molecule has 0 aliphatic carbocycles. The van der Waals surface area contributed by atoms with Gasteiger partial charge in [0.05, 0.1) is 6.04 Å². The van der Waals surface area contributed by atoms with Gasteiger partial charge in [0, 0.05) is 11.3 Å². The number of aromatic hydroxyl groups is 1. The van der Waals surface area contributed by atoms with E-state index in [1.54, 1.807) is 6.07 Å². The van der Waals surface area contributed by atoms with Crippen LogP contribution in [0.15, 0.2) is 42.5 Å². The average Bonchev–Trinajstić information content (AvgIpc) is 2.41. The van der Waals surface area contributed by atoms with Gasteiger partial charge in [0.2, 0.25) is 0 Å². The fourth-order valence-corrected chi connectivity index (χ4v) is 2.38. The maximum Gasteiger partial charge on any atom is 0.120 e. The van der Waals surface area contributed by atoms with Crippen molar-refractivity contribution in [2.24, 2.45) is 0 Å². The minimum atomic E-state index is 0.0765. The molecule has 0 bridgehead atoms. The first-order valence-electron chi connectivity index (χ1n) is 6.76. The van der Waals surface area contributed by atoms with Gasteiger partial charge in [0.15, 0.2) is 0 Å². The van der Waals surface area contributed by atoms with E-state index in [0.29, 0.717) is 5.75 Å². The van der Waals surface area contributed by atoms with E-state index in [4.69, 9.17) is 0 Å². The van der Waals surface area contributed by atoms with Crippen LogP contribution in [0.3, 0.4) is 0 Å². The predicted molar refractivity (Wildman–Crippen MR) is 80.7 cm³/mol. The lowest BCUT2D eigenvalue weighted by atomic mass is 10.0. The highest BCUT2D eigenvalue weighted by Crippen LogP contribution is 2.29. The number of hydrogen-bond donors (Lipinski definition) is 2. The Hall–Kier alpha value is -1.96. The predicted octanol–water partition coefficient (Wildman–Crippen LogP) is 4.44. The highest BCUT2D eigenvalue weighted by atomic mass is 16.3. The third-order valence-corrected chi connectivity index (χ3v) is 3.50. The molecule has 0 amide bonds. The first kappa shape index (κ1) is 13.5. The van der Waals surface area contributed by atoms with Gasteiger partial charge in [-0.15, -0.1) is 0 Å². The van der Waals surface area contributed by atoms with Crippen molar-refractivity contribution in [3.63, 3.8) is 0 Å². The van der Waals surface area contributed by atoms with Gasteiger partial charge in [0.25, 0.3) is 0 Å². The van der Waals surface area contributed by atoms with Crippen LogP contribution in [-0.2, 0) is 6.42 Å². The summed E-state index contributed by atoms with van der Waals surface area (Å²) >= 11 is 0. The smallest absolute Gasteiger partial charge is 0.120 e. The molecule has 0 saturated carbocycles. The Kier molecular flexibility index (Phi) is 4.10. The van der Waals surface area contributed by atoms with Crippen molar-refractivity contribution in [1.29, 1.82) is 0 Å². The molecule has 0 aromatic heterocycles.